The van der Waals surface area contributed by atoms with Gasteiger partial charge in [0.05, 0.1) is 5.75 Å². The average Bonchev–Trinajstić information content (AvgIpc) is 2.26. The lowest BCUT2D eigenvalue weighted by molar-refractivity contribution is 0.182. The van der Waals surface area contributed by atoms with Crippen molar-refractivity contribution in [2.75, 3.05) is 32.1 Å². The molecule has 1 rings (SSSR count). The minimum absolute atomic E-state index is 0.274. The number of hydrogen-bond donors (Lipinski definition) is 1. The summed E-state index contributed by atoms with van der Waals surface area (Å²) >= 11 is 0. The Morgan fingerprint density at radius 2 is 1.82 bits per heavy atom. The SMILES string of the molecule is CCNC1CCC(N(C)CCS(C)(=O)=O)CC1. The molecular weight excluding hydrogens is 236 g/mol. The molecule has 0 aromatic rings. The topological polar surface area (TPSA) is 49.4 Å². The molecule has 1 aliphatic carbocycles. The standard InChI is InChI=1S/C12H26N2O2S/c1-4-13-11-5-7-12(8-6-11)14(2)9-10-17(3,15)16/h11-13H,4-10H2,1-3H3. The van der Waals surface area contributed by atoms with E-state index in [4.69, 9.17) is 0 Å². The van der Waals surface area contributed by atoms with Crippen LogP contribution in [0.15, 0.2) is 0 Å². The Kier molecular flexibility index (Phi) is 5.89. The van der Waals surface area contributed by atoms with Gasteiger partial charge in [-0.05, 0) is 39.3 Å². The molecule has 0 saturated heterocycles. The van der Waals surface area contributed by atoms with Crippen LogP contribution in [0, 0.1) is 0 Å². The van der Waals surface area contributed by atoms with Crippen LogP contribution in [0.2, 0.25) is 0 Å². The van der Waals surface area contributed by atoms with Gasteiger partial charge in [0, 0.05) is 24.9 Å². The van der Waals surface area contributed by atoms with Crippen LogP contribution >= 0.6 is 0 Å². The second-order valence-electron chi connectivity index (χ2n) is 5.17. The van der Waals surface area contributed by atoms with Gasteiger partial charge in [-0.15, -0.1) is 0 Å². The molecule has 4 nitrogen and oxygen atoms in total. The summed E-state index contributed by atoms with van der Waals surface area (Å²) < 4.78 is 22.2. The fraction of sp³-hybridized carbons (Fsp3) is 1.00. The molecule has 1 saturated carbocycles. The Hall–Kier alpha value is -0.130. The molecule has 17 heavy (non-hydrogen) atoms. The maximum absolute atomic E-state index is 11.1. The summed E-state index contributed by atoms with van der Waals surface area (Å²) in [6.45, 7) is 3.85. The lowest BCUT2D eigenvalue weighted by Gasteiger charge is -2.34. The molecule has 0 atom stereocenters. The Balaban J connectivity index is 2.28. The first-order valence-corrected chi connectivity index (χ1v) is 8.59. The van der Waals surface area contributed by atoms with Crippen molar-refractivity contribution in [3.05, 3.63) is 0 Å². The Bertz CT molecular complexity index is 308. The summed E-state index contributed by atoms with van der Waals surface area (Å²) in [6.07, 6.45) is 6.09. The Labute approximate surface area is 106 Å². The van der Waals surface area contributed by atoms with Crippen LogP contribution in [0.5, 0.6) is 0 Å². The van der Waals surface area contributed by atoms with E-state index in [2.05, 4.69) is 17.1 Å². The van der Waals surface area contributed by atoms with E-state index in [1.54, 1.807) is 0 Å². The monoisotopic (exact) mass is 262 g/mol. The molecule has 0 spiro atoms. The number of nitrogens with zero attached hydrogens (tertiary/aromatic N) is 1. The molecule has 0 radical (unpaired) electrons. The zero-order valence-electron chi connectivity index (χ0n) is 11.3. The van der Waals surface area contributed by atoms with Crippen LogP contribution in [-0.4, -0.2) is 57.5 Å². The quantitative estimate of drug-likeness (QED) is 0.772. The number of sulfone groups is 1. The van der Waals surface area contributed by atoms with Crippen LogP contribution in [-0.2, 0) is 9.84 Å². The molecule has 1 N–H and O–H groups in total. The van der Waals surface area contributed by atoms with Crippen molar-refractivity contribution in [3.8, 4) is 0 Å². The van der Waals surface area contributed by atoms with Crippen LogP contribution < -0.4 is 5.32 Å². The molecule has 102 valence electrons. The van der Waals surface area contributed by atoms with Crippen molar-refractivity contribution in [1.82, 2.24) is 10.2 Å². The molecule has 0 aromatic heterocycles. The molecule has 0 heterocycles. The lowest BCUT2D eigenvalue weighted by Crippen LogP contribution is -2.42. The van der Waals surface area contributed by atoms with Gasteiger partial charge < -0.3 is 10.2 Å². The number of nitrogens with one attached hydrogen (secondary N) is 1. The van der Waals surface area contributed by atoms with E-state index in [0.717, 1.165) is 6.54 Å². The van der Waals surface area contributed by atoms with Gasteiger partial charge in [-0.1, -0.05) is 6.92 Å². The molecular formula is C12H26N2O2S. The largest absolute Gasteiger partial charge is 0.314 e. The summed E-state index contributed by atoms with van der Waals surface area (Å²) in [5.41, 5.74) is 0. The summed E-state index contributed by atoms with van der Waals surface area (Å²) in [5, 5.41) is 3.49. The zero-order chi connectivity index (χ0) is 12.9. The van der Waals surface area contributed by atoms with Crippen LogP contribution in [0.25, 0.3) is 0 Å². The van der Waals surface area contributed by atoms with Gasteiger partial charge in [0.15, 0.2) is 0 Å². The van der Waals surface area contributed by atoms with Crippen molar-refractivity contribution < 1.29 is 8.42 Å². The minimum atomic E-state index is -2.83. The van der Waals surface area contributed by atoms with E-state index in [1.165, 1.54) is 31.9 Å². The van der Waals surface area contributed by atoms with Crippen molar-refractivity contribution in [3.63, 3.8) is 0 Å². The van der Waals surface area contributed by atoms with Gasteiger partial charge in [-0.3, -0.25) is 0 Å². The number of rotatable bonds is 6. The summed E-state index contributed by atoms with van der Waals surface area (Å²) in [5.74, 6) is 0.274. The van der Waals surface area contributed by atoms with Gasteiger partial charge in [-0.25, -0.2) is 8.42 Å². The molecule has 1 fully saturated rings. The van der Waals surface area contributed by atoms with E-state index >= 15 is 0 Å². The van der Waals surface area contributed by atoms with Crippen LogP contribution in [0.4, 0.5) is 0 Å². The first-order valence-electron chi connectivity index (χ1n) is 6.53. The highest BCUT2D eigenvalue weighted by Crippen LogP contribution is 2.22. The van der Waals surface area contributed by atoms with Crippen LogP contribution in [0.1, 0.15) is 32.6 Å². The zero-order valence-corrected chi connectivity index (χ0v) is 12.1. The maximum Gasteiger partial charge on any atom is 0.148 e. The molecule has 1 aliphatic rings. The number of hydrogen-bond acceptors (Lipinski definition) is 4. The van der Waals surface area contributed by atoms with Gasteiger partial charge in [0.25, 0.3) is 0 Å². The van der Waals surface area contributed by atoms with Crippen molar-refractivity contribution >= 4 is 9.84 Å². The van der Waals surface area contributed by atoms with Gasteiger partial charge in [-0.2, -0.15) is 0 Å². The molecule has 0 bridgehead atoms. The lowest BCUT2D eigenvalue weighted by atomic mass is 9.90. The Morgan fingerprint density at radius 1 is 1.24 bits per heavy atom. The van der Waals surface area contributed by atoms with Gasteiger partial charge in [0.1, 0.15) is 9.84 Å². The first kappa shape index (κ1) is 14.9. The predicted molar refractivity (Wildman–Crippen MR) is 72.1 cm³/mol. The molecule has 0 amide bonds. The third kappa shape index (κ3) is 5.84. The minimum Gasteiger partial charge on any atom is -0.314 e. The summed E-state index contributed by atoms with van der Waals surface area (Å²) in [7, 11) is -0.786. The predicted octanol–water partition coefficient (Wildman–Crippen LogP) is 0.884. The molecule has 0 aromatic carbocycles. The summed E-state index contributed by atoms with van der Waals surface area (Å²) in [6, 6.07) is 1.23. The van der Waals surface area contributed by atoms with E-state index in [9.17, 15) is 8.42 Å². The third-order valence-corrected chi connectivity index (χ3v) is 4.55. The highest BCUT2D eigenvalue weighted by atomic mass is 32.2. The molecule has 5 heteroatoms. The third-order valence-electron chi connectivity index (χ3n) is 3.63. The Morgan fingerprint density at radius 3 is 2.29 bits per heavy atom. The van der Waals surface area contributed by atoms with Gasteiger partial charge in [0.2, 0.25) is 0 Å². The fourth-order valence-electron chi connectivity index (χ4n) is 2.50. The van der Waals surface area contributed by atoms with Crippen molar-refractivity contribution in [2.45, 2.75) is 44.7 Å². The highest BCUT2D eigenvalue weighted by molar-refractivity contribution is 7.90. The molecule has 0 aliphatic heterocycles. The smallest absolute Gasteiger partial charge is 0.148 e. The fourth-order valence-corrected chi connectivity index (χ4v) is 3.12. The highest BCUT2D eigenvalue weighted by Gasteiger charge is 2.23. The van der Waals surface area contributed by atoms with E-state index < -0.39 is 9.84 Å². The second kappa shape index (κ2) is 6.71. The summed E-state index contributed by atoms with van der Waals surface area (Å²) in [4.78, 5) is 2.21. The normalized spacial score (nSPS) is 26.4. The van der Waals surface area contributed by atoms with Crippen LogP contribution in [0.3, 0.4) is 0 Å². The van der Waals surface area contributed by atoms with E-state index in [-0.39, 0.29) is 5.75 Å². The van der Waals surface area contributed by atoms with Gasteiger partial charge >= 0.3 is 0 Å². The molecule has 0 unspecified atom stereocenters. The van der Waals surface area contributed by atoms with E-state index in [0.29, 0.717) is 18.6 Å². The second-order valence-corrected chi connectivity index (χ2v) is 7.43. The maximum atomic E-state index is 11.1. The average molecular weight is 262 g/mol. The van der Waals surface area contributed by atoms with Crippen molar-refractivity contribution in [1.29, 1.82) is 0 Å². The van der Waals surface area contributed by atoms with E-state index in [1.807, 2.05) is 7.05 Å². The van der Waals surface area contributed by atoms with Crippen molar-refractivity contribution in [2.24, 2.45) is 0 Å². The first-order chi connectivity index (χ1) is 7.92.